The van der Waals surface area contributed by atoms with Crippen LogP contribution in [0.4, 0.5) is 4.79 Å². The van der Waals surface area contributed by atoms with Crippen LogP contribution in [0.1, 0.15) is 20.3 Å². The van der Waals surface area contributed by atoms with Crippen molar-refractivity contribution in [1.82, 2.24) is 15.1 Å². The summed E-state index contributed by atoms with van der Waals surface area (Å²) in [5, 5.41) is 2.62. The molecule has 1 unspecified atom stereocenters. The molecule has 0 aliphatic carbocycles. The highest BCUT2D eigenvalue weighted by Gasteiger charge is 2.26. The summed E-state index contributed by atoms with van der Waals surface area (Å²) in [7, 11) is 1.87. The smallest absolute Gasteiger partial charge is 0.324 e. The lowest BCUT2D eigenvalue weighted by Gasteiger charge is -2.22. The van der Waals surface area contributed by atoms with Gasteiger partial charge in [0.25, 0.3) is 0 Å². The van der Waals surface area contributed by atoms with Crippen molar-refractivity contribution < 1.29 is 9.59 Å². The second kappa shape index (κ2) is 6.70. The quantitative estimate of drug-likeness (QED) is 0.692. The van der Waals surface area contributed by atoms with Crippen LogP contribution in [0.3, 0.4) is 0 Å². The summed E-state index contributed by atoms with van der Waals surface area (Å²) in [6.45, 7) is 6.22. The molecule has 0 spiro atoms. The van der Waals surface area contributed by atoms with E-state index >= 15 is 0 Å². The molecule has 0 aromatic rings. The molecule has 1 aliphatic heterocycles. The number of nitrogens with two attached hydrogens (primary N) is 1. The second-order valence-electron chi connectivity index (χ2n) is 5.21. The summed E-state index contributed by atoms with van der Waals surface area (Å²) in [5.41, 5.74) is 5.95. The normalized spacial score (nSPS) is 17.4. The van der Waals surface area contributed by atoms with Crippen molar-refractivity contribution in [3.05, 3.63) is 0 Å². The Morgan fingerprint density at radius 2 is 2.22 bits per heavy atom. The van der Waals surface area contributed by atoms with Gasteiger partial charge in [0.1, 0.15) is 0 Å². The van der Waals surface area contributed by atoms with Crippen LogP contribution < -0.4 is 11.1 Å². The predicted octanol–water partition coefficient (Wildman–Crippen LogP) is -0.157. The second-order valence-corrected chi connectivity index (χ2v) is 5.21. The van der Waals surface area contributed by atoms with E-state index in [9.17, 15) is 9.59 Å². The summed E-state index contributed by atoms with van der Waals surface area (Å²) < 4.78 is 0. The molecule has 1 aliphatic rings. The molecular weight excluding hydrogens is 232 g/mol. The zero-order chi connectivity index (χ0) is 13.7. The van der Waals surface area contributed by atoms with Crippen LogP contribution in [-0.2, 0) is 4.79 Å². The van der Waals surface area contributed by atoms with Gasteiger partial charge in [-0.05, 0) is 25.9 Å². The third kappa shape index (κ3) is 4.27. The van der Waals surface area contributed by atoms with E-state index in [1.165, 1.54) is 4.90 Å². The number of hydrogen-bond donors (Lipinski definition) is 2. The molecule has 1 fully saturated rings. The fraction of sp³-hybridized carbons (Fsp3) is 0.833. The molecule has 0 bridgehead atoms. The monoisotopic (exact) mass is 256 g/mol. The molecule has 18 heavy (non-hydrogen) atoms. The van der Waals surface area contributed by atoms with E-state index in [2.05, 4.69) is 19.2 Å². The van der Waals surface area contributed by atoms with Crippen molar-refractivity contribution in [2.45, 2.75) is 26.3 Å². The maximum Gasteiger partial charge on any atom is 0.324 e. The van der Waals surface area contributed by atoms with Gasteiger partial charge >= 0.3 is 6.03 Å². The van der Waals surface area contributed by atoms with Gasteiger partial charge in [0.15, 0.2) is 0 Å². The molecule has 3 N–H and O–H groups in total. The highest BCUT2D eigenvalue weighted by molar-refractivity contribution is 5.96. The largest absolute Gasteiger partial charge is 0.336 e. The van der Waals surface area contributed by atoms with Gasteiger partial charge in [0, 0.05) is 19.1 Å². The first-order chi connectivity index (χ1) is 8.41. The summed E-state index contributed by atoms with van der Waals surface area (Å²) >= 11 is 0. The van der Waals surface area contributed by atoms with E-state index in [-0.39, 0.29) is 24.5 Å². The number of imide groups is 1. The maximum absolute atomic E-state index is 11.8. The summed E-state index contributed by atoms with van der Waals surface area (Å²) in [5.74, 6) is 0.295. The van der Waals surface area contributed by atoms with E-state index in [0.717, 1.165) is 13.0 Å². The number of nitrogens with zero attached hydrogens (tertiary/aromatic N) is 2. The molecular formula is C12H24N4O2. The molecule has 0 saturated carbocycles. The van der Waals surface area contributed by atoms with E-state index in [1.54, 1.807) is 0 Å². The molecule has 6 nitrogen and oxygen atoms in total. The Morgan fingerprint density at radius 3 is 2.72 bits per heavy atom. The number of nitrogens with one attached hydrogen (secondary N) is 1. The highest BCUT2D eigenvalue weighted by Crippen LogP contribution is 2.04. The number of urea groups is 1. The van der Waals surface area contributed by atoms with Gasteiger partial charge in [0.05, 0.1) is 6.54 Å². The van der Waals surface area contributed by atoms with Crippen LogP contribution in [0, 0.1) is 5.92 Å². The van der Waals surface area contributed by atoms with E-state index in [4.69, 9.17) is 5.73 Å². The van der Waals surface area contributed by atoms with Crippen LogP contribution in [0.25, 0.3) is 0 Å². The number of likely N-dealkylation sites (N-methyl/N-ethyl adjacent to an activating group) is 1. The zero-order valence-electron chi connectivity index (χ0n) is 11.5. The van der Waals surface area contributed by atoms with Gasteiger partial charge in [-0.15, -0.1) is 0 Å². The number of amides is 3. The third-order valence-corrected chi connectivity index (χ3v) is 3.26. The standard InChI is InChI=1S/C12H24N4O2/c1-9(2)10(13)4-6-15(3)8-11(17)16-7-5-14-12(16)18/h9-10H,4-8,13H2,1-3H3,(H,14,18). The lowest BCUT2D eigenvalue weighted by Crippen LogP contribution is -2.42. The van der Waals surface area contributed by atoms with Crippen molar-refractivity contribution in [3.8, 4) is 0 Å². The van der Waals surface area contributed by atoms with E-state index in [1.807, 2.05) is 11.9 Å². The van der Waals surface area contributed by atoms with Gasteiger partial charge in [0.2, 0.25) is 5.91 Å². The van der Waals surface area contributed by atoms with Gasteiger partial charge in [-0.2, -0.15) is 0 Å². The van der Waals surface area contributed by atoms with Crippen LogP contribution in [0.5, 0.6) is 0 Å². The average molecular weight is 256 g/mol. The van der Waals surface area contributed by atoms with Crippen molar-refractivity contribution in [1.29, 1.82) is 0 Å². The fourth-order valence-corrected chi connectivity index (χ4v) is 1.81. The van der Waals surface area contributed by atoms with Crippen LogP contribution in [0.15, 0.2) is 0 Å². The van der Waals surface area contributed by atoms with Gasteiger partial charge in [-0.25, -0.2) is 4.79 Å². The SMILES string of the molecule is CC(C)C(N)CCN(C)CC(=O)N1CCNC1=O. The molecule has 1 saturated heterocycles. The lowest BCUT2D eigenvalue weighted by atomic mass is 10.0. The van der Waals surface area contributed by atoms with Crippen molar-refractivity contribution >= 4 is 11.9 Å². The highest BCUT2D eigenvalue weighted by atomic mass is 16.2. The molecule has 1 heterocycles. The van der Waals surface area contributed by atoms with Gasteiger partial charge < -0.3 is 11.1 Å². The molecule has 6 heteroatoms. The van der Waals surface area contributed by atoms with Crippen LogP contribution >= 0.6 is 0 Å². The molecule has 3 amide bonds. The summed E-state index contributed by atoms with van der Waals surface area (Å²) in [4.78, 5) is 26.3. The molecule has 0 aromatic heterocycles. The predicted molar refractivity (Wildman–Crippen MR) is 70.0 cm³/mol. The Bertz CT molecular complexity index is 306. The fourth-order valence-electron chi connectivity index (χ4n) is 1.81. The topological polar surface area (TPSA) is 78.7 Å². The van der Waals surface area contributed by atoms with E-state index < -0.39 is 0 Å². The molecule has 104 valence electrons. The third-order valence-electron chi connectivity index (χ3n) is 3.26. The summed E-state index contributed by atoms with van der Waals surface area (Å²) in [6, 6.07) is -0.134. The number of hydrogen-bond acceptors (Lipinski definition) is 4. The van der Waals surface area contributed by atoms with Crippen molar-refractivity contribution in [2.75, 3.05) is 33.2 Å². The Kier molecular flexibility index (Phi) is 5.55. The van der Waals surface area contributed by atoms with Crippen LogP contribution in [-0.4, -0.2) is 61.0 Å². The molecule has 0 aromatic carbocycles. The minimum absolute atomic E-state index is 0.148. The average Bonchev–Trinajstić information content (AvgIpc) is 2.72. The minimum atomic E-state index is -0.285. The Hall–Kier alpha value is -1.14. The van der Waals surface area contributed by atoms with Crippen molar-refractivity contribution in [2.24, 2.45) is 11.7 Å². The first-order valence-electron chi connectivity index (χ1n) is 6.44. The lowest BCUT2D eigenvalue weighted by molar-refractivity contribution is -0.128. The van der Waals surface area contributed by atoms with E-state index in [0.29, 0.717) is 19.0 Å². The molecule has 0 radical (unpaired) electrons. The Morgan fingerprint density at radius 1 is 1.56 bits per heavy atom. The number of carbonyl (C=O) groups excluding carboxylic acids is 2. The maximum atomic E-state index is 11.8. The van der Waals surface area contributed by atoms with Crippen molar-refractivity contribution in [3.63, 3.8) is 0 Å². The van der Waals surface area contributed by atoms with Gasteiger partial charge in [-0.3, -0.25) is 14.6 Å². The Labute approximate surface area is 108 Å². The Balaban J connectivity index is 2.29. The van der Waals surface area contributed by atoms with Crippen LogP contribution in [0.2, 0.25) is 0 Å². The first-order valence-corrected chi connectivity index (χ1v) is 6.44. The van der Waals surface area contributed by atoms with Gasteiger partial charge in [-0.1, -0.05) is 13.8 Å². The minimum Gasteiger partial charge on any atom is -0.336 e. The molecule has 1 rings (SSSR count). The number of carbonyl (C=O) groups is 2. The number of rotatable bonds is 6. The first kappa shape index (κ1) is 14.9. The molecule has 1 atom stereocenters. The zero-order valence-corrected chi connectivity index (χ0v) is 11.5. The summed E-state index contributed by atoms with van der Waals surface area (Å²) in [6.07, 6.45) is 0.855.